The van der Waals surface area contributed by atoms with Crippen LogP contribution in [-0.2, 0) is 5.41 Å². The van der Waals surface area contributed by atoms with E-state index >= 15 is 0 Å². The number of ether oxygens (including phenoxy) is 1. The van der Waals surface area contributed by atoms with Crippen LogP contribution in [0.1, 0.15) is 54.5 Å². The first kappa shape index (κ1) is 38.1. The highest BCUT2D eigenvalue weighted by molar-refractivity contribution is 5.89. The third-order valence-electron chi connectivity index (χ3n) is 14.1. The smallest absolute Gasteiger partial charge is 0.160 e. The minimum atomic E-state index is -0.496. The summed E-state index contributed by atoms with van der Waals surface area (Å²) in [6, 6.07) is 72.0. The van der Waals surface area contributed by atoms with Gasteiger partial charge in [0, 0.05) is 27.8 Å². The highest BCUT2D eigenvalue weighted by atomic mass is 16.5. The van der Waals surface area contributed by atoms with E-state index in [1.54, 1.807) is 0 Å². The van der Waals surface area contributed by atoms with Gasteiger partial charge in [-0.05, 0) is 105 Å². The van der Waals surface area contributed by atoms with Crippen molar-refractivity contribution in [2.45, 2.75) is 32.1 Å². The van der Waals surface area contributed by atoms with Gasteiger partial charge in [0.15, 0.2) is 5.82 Å². The molecule has 0 N–H and O–H groups in total. The van der Waals surface area contributed by atoms with Crippen LogP contribution < -0.4 is 4.74 Å². The molecule has 0 fully saturated rings. The fraction of sp³-hybridized carbons (Fsp3) is 0.115. The average Bonchev–Trinajstić information content (AvgIpc) is 3.65. The Bertz CT molecular complexity index is 3230. The fourth-order valence-corrected chi connectivity index (χ4v) is 10.5. The number of fused-ring (bicyclic) bond motifs is 9. The Hall–Kier alpha value is -7.62. The highest BCUT2D eigenvalue weighted by Gasteiger charge is 2.50. The van der Waals surface area contributed by atoms with Crippen LogP contribution >= 0.6 is 0 Å². The Morgan fingerprint density at radius 1 is 0.406 bits per heavy atom. The van der Waals surface area contributed by atoms with Gasteiger partial charge in [0.25, 0.3) is 0 Å². The maximum absolute atomic E-state index is 6.87. The number of hydrogen-bond donors (Lipinski definition) is 0. The standard InChI is InChI=1S/C61H46N2O/c1-39-23-24-47(35-40(39)2)43-27-31-45(32-28-43)57-38-56(44-29-25-42(26-30-44)41-13-4-3-5-14-41)62-60(63-57)49-16-12-15-46(36-49)48-33-34-55-59(37-48)64-58-22-11-10-21-54(58)61(55)52-19-8-6-17-50(52)51-18-7-9-20-53(51)61/h3-22,24-34,36-40H,23,35H2,1-2H3/t39-,40?/m0/s1. The first-order valence-electron chi connectivity index (χ1n) is 22.6. The molecular weight excluding hydrogens is 777 g/mol. The number of allylic oxidation sites excluding steroid dienone is 2. The molecule has 0 radical (unpaired) electrons. The van der Waals surface area contributed by atoms with E-state index in [1.807, 2.05) is 0 Å². The summed E-state index contributed by atoms with van der Waals surface area (Å²) in [6.45, 7) is 4.74. The maximum atomic E-state index is 6.87. The van der Waals surface area contributed by atoms with Gasteiger partial charge in [0.2, 0.25) is 0 Å². The lowest BCUT2D eigenvalue weighted by Crippen LogP contribution is -2.32. The van der Waals surface area contributed by atoms with E-state index in [1.165, 1.54) is 50.1 Å². The van der Waals surface area contributed by atoms with Crippen molar-refractivity contribution in [2.24, 2.45) is 11.8 Å². The molecule has 1 unspecified atom stereocenters. The van der Waals surface area contributed by atoms with Crippen LogP contribution in [0.15, 0.2) is 206 Å². The zero-order valence-corrected chi connectivity index (χ0v) is 36.0. The molecule has 8 aromatic carbocycles. The lowest BCUT2D eigenvalue weighted by atomic mass is 9.66. The number of aromatic nitrogens is 2. The first-order valence-corrected chi connectivity index (χ1v) is 22.6. The van der Waals surface area contributed by atoms with Crippen LogP contribution in [0.25, 0.3) is 72.9 Å². The minimum absolute atomic E-state index is 0.496. The van der Waals surface area contributed by atoms with E-state index in [-0.39, 0.29) is 0 Å². The van der Waals surface area contributed by atoms with E-state index in [4.69, 9.17) is 14.7 Å². The Labute approximate surface area is 375 Å². The Morgan fingerprint density at radius 2 is 0.922 bits per heavy atom. The second-order valence-electron chi connectivity index (χ2n) is 17.8. The number of rotatable bonds is 6. The summed E-state index contributed by atoms with van der Waals surface area (Å²) >= 11 is 0. The normalized spacial score (nSPS) is 16.5. The Kier molecular flexibility index (Phi) is 9.12. The summed E-state index contributed by atoms with van der Waals surface area (Å²) in [5.41, 5.74) is 19.0. The van der Waals surface area contributed by atoms with Gasteiger partial charge in [-0.2, -0.15) is 0 Å². The summed E-state index contributed by atoms with van der Waals surface area (Å²) in [7, 11) is 0. The van der Waals surface area contributed by atoms with E-state index in [2.05, 4.69) is 220 Å². The van der Waals surface area contributed by atoms with Gasteiger partial charge < -0.3 is 4.74 Å². The molecule has 2 heterocycles. The van der Waals surface area contributed by atoms with Crippen molar-refractivity contribution in [1.29, 1.82) is 0 Å². The number of benzene rings is 8. The third kappa shape index (κ3) is 6.26. The van der Waals surface area contributed by atoms with Crippen LogP contribution in [0.4, 0.5) is 0 Å². The molecule has 3 heteroatoms. The van der Waals surface area contributed by atoms with Crippen LogP contribution in [0.3, 0.4) is 0 Å². The molecule has 3 nitrogen and oxygen atoms in total. The zero-order valence-electron chi connectivity index (χ0n) is 36.0. The number of para-hydroxylation sites is 1. The molecule has 1 aliphatic heterocycles. The lowest BCUT2D eigenvalue weighted by molar-refractivity contribution is 0.386. The van der Waals surface area contributed by atoms with Gasteiger partial charge in [0.05, 0.1) is 16.8 Å². The lowest BCUT2D eigenvalue weighted by Gasteiger charge is -2.39. The van der Waals surface area contributed by atoms with E-state index in [0.29, 0.717) is 11.7 Å². The van der Waals surface area contributed by atoms with E-state index in [0.717, 1.165) is 75.0 Å². The van der Waals surface area contributed by atoms with Crippen molar-refractivity contribution in [1.82, 2.24) is 9.97 Å². The Morgan fingerprint density at radius 3 is 1.61 bits per heavy atom. The molecule has 1 spiro atoms. The quantitative estimate of drug-likeness (QED) is 0.168. The van der Waals surface area contributed by atoms with Gasteiger partial charge in [-0.15, -0.1) is 0 Å². The summed E-state index contributed by atoms with van der Waals surface area (Å²) in [5, 5.41) is 0. The average molecular weight is 823 g/mol. The predicted molar refractivity (Wildman–Crippen MR) is 262 cm³/mol. The number of nitrogens with zero attached hydrogens (tertiary/aromatic N) is 2. The van der Waals surface area contributed by atoms with Crippen molar-refractivity contribution >= 4 is 5.57 Å². The SMILES string of the molecule is CC1CC(c2ccc(-c3cc(-c4ccc(-c5ccccc5)cc4)nc(-c4cccc(-c5ccc6c(c5)Oc5ccccc5C65c6ccccc6-c6ccccc65)c4)n3)cc2)=CC[C@@H]1C. The van der Waals surface area contributed by atoms with Gasteiger partial charge in [-0.1, -0.05) is 196 Å². The molecule has 306 valence electrons. The number of hydrogen-bond acceptors (Lipinski definition) is 3. The molecule has 0 amide bonds. The molecule has 0 saturated heterocycles. The summed E-state index contributed by atoms with van der Waals surface area (Å²) in [5.74, 6) is 3.84. The van der Waals surface area contributed by atoms with Crippen molar-refractivity contribution in [2.75, 3.05) is 0 Å². The Balaban J connectivity index is 0.952. The second-order valence-corrected chi connectivity index (χ2v) is 17.8. The maximum Gasteiger partial charge on any atom is 0.160 e. The molecule has 2 aliphatic carbocycles. The molecule has 1 aromatic heterocycles. The molecule has 2 atom stereocenters. The summed E-state index contributed by atoms with van der Waals surface area (Å²) in [6.07, 6.45) is 4.68. The van der Waals surface area contributed by atoms with Crippen LogP contribution in [0.2, 0.25) is 0 Å². The van der Waals surface area contributed by atoms with Crippen molar-refractivity contribution in [3.05, 3.63) is 234 Å². The molecule has 9 aromatic rings. The van der Waals surface area contributed by atoms with Crippen LogP contribution in [0.5, 0.6) is 11.5 Å². The molecule has 64 heavy (non-hydrogen) atoms. The third-order valence-corrected chi connectivity index (χ3v) is 14.1. The predicted octanol–water partition coefficient (Wildman–Crippen LogP) is 15.7. The zero-order chi connectivity index (χ0) is 42.8. The minimum Gasteiger partial charge on any atom is -0.457 e. The van der Waals surface area contributed by atoms with Crippen LogP contribution in [0, 0.1) is 11.8 Å². The molecule has 3 aliphatic rings. The molecule has 0 saturated carbocycles. The first-order chi connectivity index (χ1) is 31.5. The van der Waals surface area contributed by atoms with Gasteiger partial charge in [0.1, 0.15) is 11.5 Å². The molecule has 0 bridgehead atoms. The van der Waals surface area contributed by atoms with E-state index in [9.17, 15) is 0 Å². The second kappa shape index (κ2) is 15.3. The topological polar surface area (TPSA) is 35.0 Å². The fourth-order valence-electron chi connectivity index (χ4n) is 10.5. The summed E-state index contributed by atoms with van der Waals surface area (Å²) in [4.78, 5) is 10.6. The monoisotopic (exact) mass is 822 g/mol. The largest absolute Gasteiger partial charge is 0.457 e. The van der Waals surface area contributed by atoms with Crippen LogP contribution in [-0.4, -0.2) is 9.97 Å². The van der Waals surface area contributed by atoms with E-state index < -0.39 is 5.41 Å². The van der Waals surface area contributed by atoms with Gasteiger partial charge in [-0.3, -0.25) is 0 Å². The van der Waals surface area contributed by atoms with Gasteiger partial charge >= 0.3 is 0 Å². The molecular formula is C61H46N2O. The van der Waals surface area contributed by atoms with Crippen molar-refractivity contribution in [3.8, 4) is 78.8 Å². The highest BCUT2D eigenvalue weighted by Crippen LogP contribution is 2.62. The summed E-state index contributed by atoms with van der Waals surface area (Å²) < 4.78 is 6.87. The molecule has 12 rings (SSSR count). The van der Waals surface area contributed by atoms with Crippen molar-refractivity contribution in [3.63, 3.8) is 0 Å². The van der Waals surface area contributed by atoms with Crippen molar-refractivity contribution < 1.29 is 4.74 Å². The van der Waals surface area contributed by atoms with Gasteiger partial charge in [-0.25, -0.2) is 9.97 Å².